The van der Waals surface area contributed by atoms with E-state index >= 15 is 0 Å². The first-order valence-corrected chi connectivity index (χ1v) is 8.31. The third-order valence-electron chi connectivity index (χ3n) is 5.09. The molecule has 0 aromatic carbocycles. The van der Waals surface area contributed by atoms with Crippen LogP contribution in [0.4, 0.5) is 0 Å². The molecular weight excluding hydrogens is 306 g/mol. The third-order valence-corrected chi connectivity index (χ3v) is 5.09. The molecule has 3 rings (SSSR count). The quantitative estimate of drug-likeness (QED) is 0.918. The van der Waals surface area contributed by atoms with E-state index in [4.69, 9.17) is 4.74 Å². The Bertz CT molecular complexity index is 669. The highest BCUT2D eigenvalue weighted by Gasteiger charge is 2.43. The number of hydrogen-bond acceptors (Lipinski definition) is 4. The maximum Gasteiger partial charge on any atom is 0.252 e. The maximum absolute atomic E-state index is 12.4. The van der Waals surface area contributed by atoms with Crippen LogP contribution in [0.5, 0.6) is 5.88 Å². The summed E-state index contributed by atoms with van der Waals surface area (Å²) in [6, 6.07) is 3.37. The van der Waals surface area contributed by atoms with Gasteiger partial charge in [-0.2, -0.15) is 0 Å². The van der Waals surface area contributed by atoms with Crippen LogP contribution >= 0.6 is 0 Å². The van der Waals surface area contributed by atoms with Crippen LogP contribution in [0.3, 0.4) is 0 Å². The normalized spacial score (nSPS) is 23.3. The lowest BCUT2D eigenvalue weighted by molar-refractivity contribution is -0.132. The smallest absolute Gasteiger partial charge is 0.252 e. The molecule has 6 heteroatoms. The van der Waals surface area contributed by atoms with Gasteiger partial charge in [-0.05, 0) is 31.7 Å². The highest BCUT2D eigenvalue weighted by molar-refractivity contribution is 5.94. The van der Waals surface area contributed by atoms with Gasteiger partial charge in [-0.25, -0.2) is 4.98 Å². The van der Waals surface area contributed by atoms with Gasteiger partial charge in [0.25, 0.3) is 5.91 Å². The number of methoxy groups -OCH3 is 1. The van der Waals surface area contributed by atoms with E-state index in [1.54, 1.807) is 24.1 Å². The molecule has 128 valence electrons. The molecular formula is C18H23N3O3. The second kappa shape index (κ2) is 6.63. The van der Waals surface area contributed by atoms with Crippen LogP contribution in [0.15, 0.2) is 30.1 Å². The molecule has 1 atom stereocenters. The molecule has 2 amide bonds. The average Bonchev–Trinajstić information content (AvgIpc) is 2.63. The molecule has 1 aliphatic heterocycles. The molecule has 0 radical (unpaired) electrons. The topological polar surface area (TPSA) is 71.5 Å². The number of rotatable bonds is 4. The molecule has 0 saturated carbocycles. The van der Waals surface area contributed by atoms with Gasteiger partial charge in [-0.15, -0.1) is 0 Å². The van der Waals surface area contributed by atoms with Crippen molar-refractivity contribution in [3.8, 4) is 5.88 Å². The first kappa shape index (κ1) is 16.5. The summed E-state index contributed by atoms with van der Waals surface area (Å²) in [4.78, 5) is 30.2. The summed E-state index contributed by atoms with van der Waals surface area (Å²) in [5.74, 6) is 0.489. The number of carbonyl (C=O) groups excluding carboxylic acids is 2. The molecule has 0 bridgehead atoms. The number of likely N-dealkylation sites (tertiary alicyclic amines) is 1. The van der Waals surface area contributed by atoms with Gasteiger partial charge in [-0.1, -0.05) is 6.08 Å². The Balaban J connectivity index is 1.72. The van der Waals surface area contributed by atoms with Crippen molar-refractivity contribution in [2.45, 2.75) is 32.1 Å². The lowest BCUT2D eigenvalue weighted by atomic mass is 9.70. The zero-order valence-electron chi connectivity index (χ0n) is 14.2. The van der Waals surface area contributed by atoms with E-state index in [0.717, 1.165) is 31.4 Å². The molecule has 24 heavy (non-hydrogen) atoms. The lowest BCUT2D eigenvalue weighted by Crippen LogP contribution is -2.49. The number of nitrogens with one attached hydrogen (secondary N) is 1. The molecule has 1 fully saturated rings. The summed E-state index contributed by atoms with van der Waals surface area (Å²) < 4.78 is 5.01. The summed E-state index contributed by atoms with van der Waals surface area (Å²) in [5, 5.41) is 3.03. The summed E-state index contributed by atoms with van der Waals surface area (Å²) in [7, 11) is 3.38. The first-order chi connectivity index (χ1) is 11.6. The minimum atomic E-state index is -0.149. The van der Waals surface area contributed by atoms with Crippen LogP contribution < -0.4 is 10.1 Å². The largest absolute Gasteiger partial charge is 0.481 e. The SMILES string of the molecule is COc1ccc(C(=O)NCC23CCCC=C2N(C)C(=O)CC3)cn1. The zero-order valence-corrected chi connectivity index (χ0v) is 14.2. The number of carbonyl (C=O) groups is 2. The number of aromatic nitrogens is 1. The monoisotopic (exact) mass is 329 g/mol. The Morgan fingerprint density at radius 2 is 2.25 bits per heavy atom. The van der Waals surface area contributed by atoms with E-state index in [9.17, 15) is 9.59 Å². The number of pyridine rings is 1. The zero-order chi connectivity index (χ0) is 17.2. The Hall–Kier alpha value is -2.37. The predicted octanol–water partition coefficient (Wildman–Crippen LogP) is 2.13. The highest BCUT2D eigenvalue weighted by Crippen LogP contribution is 2.45. The Morgan fingerprint density at radius 3 is 2.96 bits per heavy atom. The molecule has 2 aliphatic rings. The Labute approximate surface area is 141 Å². The fourth-order valence-electron chi connectivity index (χ4n) is 3.67. The molecule has 1 aromatic rings. The van der Waals surface area contributed by atoms with Crippen LogP contribution in [0, 0.1) is 5.41 Å². The lowest BCUT2D eigenvalue weighted by Gasteiger charge is -2.46. The number of amides is 2. The van der Waals surface area contributed by atoms with Gasteiger partial charge in [0.15, 0.2) is 0 Å². The van der Waals surface area contributed by atoms with Gasteiger partial charge in [0.2, 0.25) is 11.8 Å². The highest BCUT2D eigenvalue weighted by atomic mass is 16.5. The molecule has 2 heterocycles. The van der Waals surface area contributed by atoms with Crippen molar-refractivity contribution in [2.24, 2.45) is 5.41 Å². The van der Waals surface area contributed by atoms with Crippen molar-refractivity contribution < 1.29 is 14.3 Å². The van der Waals surface area contributed by atoms with Gasteiger partial charge in [0.05, 0.1) is 12.7 Å². The van der Waals surface area contributed by atoms with E-state index in [1.807, 2.05) is 7.05 Å². The molecule has 1 aliphatic carbocycles. The maximum atomic E-state index is 12.4. The van der Waals surface area contributed by atoms with Gasteiger partial charge in [0.1, 0.15) is 0 Å². The van der Waals surface area contributed by atoms with E-state index in [1.165, 1.54) is 6.20 Å². The Kier molecular flexibility index (Phi) is 4.55. The summed E-state index contributed by atoms with van der Waals surface area (Å²) >= 11 is 0. The van der Waals surface area contributed by atoms with E-state index in [0.29, 0.717) is 24.4 Å². The summed E-state index contributed by atoms with van der Waals surface area (Å²) in [6.07, 6.45) is 8.08. The van der Waals surface area contributed by atoms with Crippen LogP contribution in [-0.2, 0) is 4.79 Å². The van der Waals surface area contributed by atoms with Gasteiger partial charge in [0, 0.05) is 43.4 Å². The molecule has 1 unspecified atom stereocenters. The average molecular weight is 329 g/mol. The van der Waals surface area contributed by atoms with Gasteiger partial charge >= 0.3 is 0 Å². The first-order valence-electron chi connectivity index (χ1n) is 8.31. The van der Waals surface area contributed by atoms with Crippen molar-refractivity contribution in [1.29, 1.82) is 0 Å². The summed E-state index contributed by atoms with van der Waals surface area (Å²) in [6.45, 7) is 0.543. The van der Waals surface area contributed by atoms with Crippen LogP contribution in [0.2, 0.25) is 0 Å². The third kappa shape index (κ3) is 3.00. The van der Waals surface area contributed by atoms with Gasteiger partial charge < -0.3 is 15.0 Å². The number of fused-ring (bicyclic) bond motifs is 1. The van der Waals surface area contributed by atoms with Crippen LogP contribution in [-0.4, -0.2) is 42.4 Å². The Morgan fingerprint density at radius 1 is 1.42 bits per heavy atom. The van der Waals surface area contributed by atoms with Crippen molar-refractivity contribution in [1.82, 2.24) is 15.2 Å². The van der Waals surface area contributed by atoms with Crippen LogP contribution in [0.1, 0.15) is 42.5 Å². The molecule has 1 aromatic heterocycles. The van der Waals surface area contributed by atoms with Gasteiger partial charge in [-0.3, -0.25) is 9.59 Å². The van der Waals surface area contributed by atoms with E-state index in [2.05, 4.69) is 16.4 Å². The number of allylic oxidation sites excluding steroid dienone is 1. The standard InChI is InChI=1S/C18H23N3O3/c1-21-14-5-3-4-9-18(14,10-8-16(21)22)12-20-17(23)13-6-7-15(24-2)19-11-13/h5-7,11H,3-4,8-10,12H2,1-2H3,(H,20,23). The fraction of sp³-hybridized carbons (Fsp3) is 0.500. The molecule has 1 N–H and O–H groups in total. The molecule has 6 nitrogen and oxygen atoms in total. The minimum Gasteiger partial charge on any atom is -0.481 e. The molecule has 1 saturated heterocycles. The van der Waals surface area contributed by atoms with E-state index < -0.39 is 0 Å². The van der Waals surface area contributed by atoms with Crippen molar-refractivity contribution in [3.63, 3.8) is 0 Å². The number of hydrogen-bond donors (Lipinski definition) is 1. The van der Waals surface area contributed by atoms with Crippen molar-refractivity contribution >= 4 is 11.8 Å². The van der Waals surface area contributed by atoms with Crippen LogP contribution in [0.25, 0.3) is 0 Å². The number of nitrogens with zero attached hydrogens (tertiary/aromatic N) is 2. The second-order valence-electron chi connectivity index (χ2n) is 6.49. The fourth-order valence-corrected chi connectivity index (χ4v) is 3.67. The number of piperidine rings is 1. The van der Waals surface area contributed by atoms with Crippen molar-refractivity contribution in [3.05, 3.63) is 35.7 Å². The number of ether oxygens (including phenoxy) is 1. The minimum absolute atomic E-state index is 0.129. The molecule has 0 spiro atoms. The van der Waals surface area contributed by atoms with Crippen molar-refractivity contribution in [2.75, 3.05) is 20.7 Å². The predicted molar refractivity (Wildman–Crippen MR) is 89.5 cm³/mol. The van der Waals surface area contributed by atoms with E-state index in [-0.39, 0.29) is 17.2 Å². The second-order valence-corrected chi connectivity index (χ2v) is 6.49. The summed E-state index contributed by atoms with van der Waals surface area (Å²) in [5.41, 5.74) is 1.45.